The number of carbonyl (C=O) groups excluding carboxylic acids is 2. The molecule has 1 aliphatic carbocycles. The Bertz CT molecular complexity index is 662. The lowest BCUT2D eigenvalue weighted by molar-refractivity contribution is -0.156. The average Bonchev–Trinajstić information content (AvgIpc) is 2.64. The fraction of sp³-hybridized carbons (Fsp3) is 0.636. The van der Waals surface area contributed by atoms with Gasteiger partial charge in [0.1, 0.15) is 5.60 Å². The van der Waals surface area contributed by atoms with E-state index in [9.17, 15) is 14.7 Å². The van der Waals surface area contributed by atoms with Gasteiger partial charge in [0.05, 0.1) is 12.1 Å². The van der Waals surface area contributed by atoms with Gasteiger partial charge >= 0.3 is 0 Å². The highest BCUT2D eigenvalue weighted by Gasteiger charge is 2.48. The minimum atomic E-state index is -1.38. The van der Waals surface area contributed by atoms with Gasteiger partial charge in [-0.05, 0) is 43.1 Å². The van der Waals surface area contributed by atoms with Crippen LogP contribution in [0, 0.1) is 17.8 Å². The van der Waals surface area contributed by atoms with Crippen LogP contribution in [0.4, 0.5) is 0 Å². The van der Waals surface area contributed by atoms with Crippen LogP contribution in [0.15, 0.2) is 30.3 Å². The van der Waals surface area contributed by atoms with E-state index in [4.69, 9.17) is 5.73 Å². The maximum absolute atomic E-state index is 13.0. The van der Waals surface area contributed by atoms with E-state index < -0.39 is 17.7 Å². The van der Waals surface area contributed by atoms with Gasteiger partial charge in [-0.1, -0.05) is 57.5 Å². The van der Waals surface area contributed by atoms with Crippen LogP contribution in [0.25, 0.3) is 0 Å². The maximum atomic E-state index is 13.0. The Labute approximate surface area is 168 Å². The van der Waals surface area contributed by atoms with Crippen molar-refractivity contribution in [3.63, 3.8) is 0 Å². The van der Waals surface area contributed by atoms with E-state index in [-0.39, 0.29) is 30.2 Å². The van der Waals surface area contributed by atoms with Crippen LogP contribution < -0.4 is 16.4 Å². The summed E-state index contributed by atoms with van der Waals surface area (Å²) in [4.78, 5) is 25.2. The van der Waals surface area contributed by atoms with Crippen LogP contribution in [-0.2, 0) is 9.59 Å². The molecule has 2 rings (SSSR count). The third-order valence-electron chi connectivity index (χ3n) is 5.84. The number of carbonyl (C=O) groups is 2. The Morgan fingerprint density at radius 1 is 1.21 bits per heavy atom. The maximum Gasteiger partial charge on any atom is 0.252 e. The van der Waals surface area contributed by atoms with Gasteiger partial charge < -0.3 is 21.5 Å². The van der Waals surface area contributed by atoms with Gasteiger partial charge in [0.15, 0.2) is 0 Å². The van der Waals surface area contributed by atoms with Crippen molar-refractivity contribution in [2.75, 3.05) is 6.54 Å². The predicted octanol–water partition coefficient (Wildman–Crippen LogP) is 2.13. The highest BCUT2D eigenvalue weighted by molar-refractivity contribution is 5.86. The third-order valence-corrected chi connectivity index (χ3v) is 5.84. The summed E-state index contributed by atoms with van der Waals surface area (Å²) in [7, 11) is 0. The second kappa shape index (κ2) is 9.52. The lowest BCUT2D eigenvalue weighted by Gasteiger charge is -2.43. The molecule has 1 saturated carbocycles. The molecule has 0 heterocycles. The van der Waals surface area contributed by atoms with Gasteiger partial charge in [-0.25, -0.2) is 0 Å². The first kappa shape index (κ1) is 22.4. The zero-order valence-electron chi connectivity index (χ0n) is 17.4. The zero-order valence-corrected chi connectivity index (χ0v) is 17.4. The Morgan fingerprint density at radius 2 is 1.86 bits per heavy atom. The molecule has 0 aliphatic heterocycles. The SMILES string of the molecule is CC(C)[C@@H]1CC[C@@H](C)C[C@@]1(O)C(=O)NC[C@H](NC(=O)[C@H](C)N)c1ccccc1. The van der Waals surface area contributed by atoms with Crippen LogP contribution >= 0.6 is 0 Å². The molecule has 1 aromatic carbocycles. The van der Waals surface area contributed by atoms with E-state index in [1.54, 1.807) is 6.92 Å². The van der Waals surface area contributed by atoms with Gasteiger partial charge in [-0.2, -0.15) is 0 Å². The molecule has 0 bridgehead atoms. The molecule has 1 fully saturated rings. The molecule has 2 amide bonds. The minimum Gasteiger partial charge on any atom is -0.380 e. The third kappa shape index (κ3) is 5.32. The van der Waals surface area contributed by atoms with Crippen LogP contribution in [0.1, 0.15) is 58.6 Å². The molecule has 0 spiro atoms. The highest BCUT2D eigenvalue weighted by atomic mass is 16.3. The van der Waals surface area contributed by atoms with E-state index in [1.165, 1.54) is 0 Å². The molecular formula is C22H35N3O3. The average molecular weight is 390 g/mol. The monoisotopic (exact) mass is 389 g/mol. The summed E-state index contributed by atoms with van der Waals surface area (Å²) < 4.78 is 0. The molecule has 6 nitrogen and oxygen atoms in total. The smallest absolute Gasteiger partial charge is 0.252 e. The Balaban J connectivity index is 2.14. The van der Waals surface area contributed by atoms with Crippen molar-refractivity contribution in [2.24, 2.45) is 23.5 Å². The lowest BCUT2D eigenvalue weighted by atomic mass is 9.66. The molecule has 0 unspecified atom stereocenters. The summed E-state index contributed by atoms with van der Waals surface area (Å²) in [5.74, 6) is -0.196. The fourth-order valence-electron chi connectivity index (χ4n) is 4.22. The molecule has 6 heteroatoms. The predicted molar refractivity (Wildman–Crippen MR) is 110 cm³/mol. The summed E-state index contributed by atoms with van der Waals surface area (Å²) in [6.45, 7) is 7.99. The van der Waals surface area contributed by atoms with Crippen LogP contribution in [-0.4, -0.2) is 35.1 Å². The van der Waals surface area contributed by atoms with Crippen LogP contribution in [0.3, 0.4) is 0 Å². The summed E-state index contributed by atoms with van der Waals surface area (Å²) >= 11 is 0. The van der Waals surface area contributed by atoms with Crippen LogP contribution in [0.5, 0.6) is 0 Å². The van der Waals surface area contributed by atoms with Gasteiger partial charge in [0, 0.05) is 6.54 Å². The number of benzene rings is 1. The largest absolute Gasteiger partial charge is 0.380 e. The highest BCUT2D eigenvalue weighted by Crippen LogP contribution is 2.41. The molecule has 0 saturated heterocycles. The number of nitrogens with one attached hydrogen (secondary N) is 2. The molecule has 5 N–H and O–H groups in total. The van der Waals surface area contributed by atoms with E-state index in [2.05, 4.69) is 31.4 Å². The molecule has 0 radical (unpaired) electrons. The first-order chi connectivity index (χ1) is 13.1. The number of hydrogen-bond acceptors (Lipinski definition) is 4. The molecule has 5 atom stereocenters. The molecule has 156 valence electrons. The van der Waals surface area contributed by atoms with Crippen molar-refractivity contribution in [3.05, 3.63) is 35.9 Å². The van der Waals surface area contributed by atoms with Crippen molar-refractivity contribution in [2.45, 2.75) is 64.6 Å². The van der Waals surface area contributed by atoms with Crippen molar-refractivity contribution >= 4 is 11.8 Å². The van der Waals surface area contributed by atoms with Gasteiger partial charge in [-0.15, -0.1) is 0 Å². The van der Waals surface area contributed by atoms with Gasteiger partial charge in [0.2, 0.25) is 5.91 Å². The van der Waals surface area contributed by atoms with E-state index in [1.807, 2.05) is 30.3 Å². The number of hydrogen-bond donors (Lipinski definition) is 4. The fourth-order valence-corrected chi connectivity index (χ4v) is 4.22. The second-order valence-corrected chi connectivity index (χ2v) is 8.63. The quantitative estimate of drug-likeness (QED) is 0.573. The molecule has 0 aromatic heterocycles. The van der Waals surface area contributed by atoms with Crippen molar-refractivity contribution in [1.29, 1.82) is 0 Å². The topological polar surface area (TPSA) is 104 Å². The molecular weight excluding hydrogens is 354 g/mol. The first-order valence-electron chi connectivity index (χ1n) is 10.3. The number of nitrogens with two attached hydrogens (primary N) is 1. The number of aliphatic hydroxyl groups is 1. The molecule has 28 heavy (non-hydrogen) atoms. The van der Waals surface area contributed by atoms with Crippen molar-refractivity contribution < 1.29 is 14.7 Å². The normalized spacial score (nSPS) is 27.1. The van der Waals surface area contributed by atoms with E-state index >= 15 is 0 Å². The van der Waals surface area contributed by atoms with E-state index in [0.29, 0.717) is 12.3 Å². The van der Waals surface area contributed by atoms with E-state index in [0.717, 1.165) is 18.4 Å². The lowest BCUT2D eigenvalue weighted by Crippen LogP contribution is -2.57. The second-order valence-electron chi connectivity index (χ2n) is 8.63. The minimum absolute atomic E-state index is 0.0717. The number of rotatable bonds is 7. The summed E-state index contributed by atoms with van der Waals surface area (Å²) in [5, 5.41) is 17.1. The van der Waals surface area contributed by atoms with Gasteiger partial charge in [-0.3, -0.25) is 9.59 Å². The van der Waals surface area contributed by atoms with Crippen molar-refractivity contribution in [1.82, 2.24) is 10.6 Å². The molecule has 1 aromatic rings. The number of amides is 2. The molecule has 1 aliphatic rings. The summed E-state index contributed by atoms with van der Waals surface area (Å²) in [6.07, 6.45) is 2.33. The first-order valence-corrected chi connectivity index (χ1v) is 10.3. The van der Waals surface area contributed by atoms with Crippen LogP contribution in [0.2, 0.25) is 0 Å². The Morgan fingerprint density at radius 3 is 2.43 bits per heavy atom. The Hall–Kier alpha value is -1.92. The standard InChI is InChI=1S/C22H35N3O3/c1-14(2)18-11-10-15(3)12-22(18,28)21(27)24-13-19(25-20(26)16(4)23)17-8-6-5-7-9-17/h5-9,14-16,18-19,28H,10-13,23H2,1-4H3,(H,24,27)(H,25,26)/t15-,16+,18+,19+,22+/m1/s1. The zero-order chi connectivity index (χ0) is 20.9. The Kier molecular flexibility index (Phi) is 7.61. The summed E-state index contributed by atoms with van der Waals surface area (Å²) in [5.41, 5.74) is 5.18. The summed E-state index contributed by atoms with van der Waals surface area (Å²) in [6, 6.07) is 8.40. The van der Waals surface area contributed by atoms with Gasteiger partial charge in [0.25, 0.3) is 5.91 Å². The van der Waals surface area contributed by atoms with Crippen molar-refractivity contribution in [3.8, 4) is 0 Å².